The number of rotatable bonds is 6. The van der Waals surface area contributed by atoms with E-state index in [2.05, 4.69) is 10.3 Å². The number of aromatic nitrogens is 1. The first-order chi connectivity index (χ1) is 14.4. The molecule has 0 aliphatic carbocycles. The van der Waals surface area contributed by atoms with Crippen molar-refractivity contribution >= 4 is 33.0 Å². The first-order valence-electron chi connectivity index (χ1n) is 9.84. The fourth-order valence-electron chi connectivity index (χ4n) is 3.42. The zero-order valence-corrected chi connectivity index (χ0v) is 18.3. The maximum atomic E-state index is 12.7. The molecule has 158 valence electrons. The zero-order chi connectivity index (χ0) is 21.1. The van der Waals surface area contributed by atoms with Crippen molar-refractivity contribution in [2.24, 2.45) is 0 Å². The number of oxazole rings is 1. The smallest absolute Gasteiger partial charge is 0.243 e. The van der Waals surface area contributed by atoms with E-state index >= 15 is 0 Å². The minimum atomic E-state index is -3.48. The van der Waals surface area contributed by atoms with E-state index in [0.717, 1.165) is 24.1 Å². The molecular weight excluding hydrogens is 422 g/mol. The number of hydrogen-bond acceptors (Lipinski definition) is 6. The Morgan fingerprint density at radius 3 is 2.57 bits per heavy atom. The van der Waals surface area contributed by atoms with Crippen molar-refractivity contribution in [3.05, 3.63) is 53.2 Å². The van der Waals surface area contributed by atoms with Crippen molar-refractivity contribution in [1.29, 1.82) is 0 Å². The average Bonchev–Trinajstić information content (AvgIpc) is 3.39. The third-order valence-corrected chi connectivity index (χ3v) is 7.81. The molecule has 1 aromatic carbocycles. The van der Waals surface area contributed by atoms with Crippen molar-refractivity contribution in [3.8, 4) is 10.8 Å². The van der Waals surface area contributed by atoms with Gasteiger partial charge in [0.1, 0.15) is 5.76 Å². The van der Waals surface area contributed by atoms with Crippen LogP contribution in [-0.4, -0.2) is 36.7 Å². The van der Waals surface area contributed by atoms with Gasteiger partial charge in [-0.1, -0.05) is 12.5 Å². The highest BCUT2D eigenvalue weighted by atomic mass is 32.2. The molecule has 4 rings (SSSR count). The van der Waals surface area contributed by atoms with E-state index in [1.807, 2.05) is 17.5 Å². The Morgan fingerprint density at radius 1 is 1.17 bits per heavy atom. The first kappa shape index (κ1) is 20.8. The molecule has 0 atom stereocenters. The maximum absolute atomic E-state index is 12.7. The fourth-order valence-corrected chi connectivity index (χ4v) is 5.59. The summed E-state index contributed by atoms with van der Waals surface area (Å²) in [6, 6.07) is 10.1. The van der Waals surface area contributed by atoms with Crippen LogP contribution in [-0.2, 0) is 21.2 Å². The summed E-state index contributed by atoms with van der Waals surface area (Å²) in [6.07, 6.45) is 2.93. The Kier molecular flexibility index (Phi) is 6.03. The highest BCUT2D eigenvalue weighted by molar-refractivity contribution is 7.89. The highest BCUT2D eigenvalue weighted by Crippen LogP contribution is 2.26. The standard InChI is InChI=1S/C21H23N3O4S2/c1-15-18(23-21(28-15)19-6-5-13-29-19)14-20(25)22-16-7-9-17(10-8-16)30(26,27)24-11-3-2-4-12-24/h5-10,13H,2-4,11-12,14H2,1H3,(H,22,25). The van der Waals surface area contributed by atoms with Gasteiger partial charge >= 0.3 is 0 Å². The molecule has 1 aliphatic heterocycles. The van der Waals surface area contributed by atoms with E-state index < -0.39 is 10.0 Å². The van der Waals surface area contributed by atoms with Crippen LogP contribution in [0.2, 0.25) is 0 Å². The summed E-state index contributed by atoms with van der Waals surface area (Å²) in [6.45, 7) is 2.91. The van der Waals surface area contributed by atoms with Crippen LogP contribution in [0.4, 0.5) is 5.69 Å². The molecule has 1 amide bonds. The summed E-state index contributed by atoms with van der Waals surface area (Å²) in [5, 5.41) is 4.73. The van der Waals surface area contributed by atoms with E-state index in [1.165, 1.54) is 27.8 Å². The molecule has 9 heteroatoms. The number of anilines is 1. The van der Waals surface area contributed by atoms with Gasteiger partial charge in [0.05, 0.1) is 21.9 Å². The number of carbonyl (C=O) groups is 1. The van der Waals surface area contributed by atoms with Crippen molar-refractivity contribution < 1.29 is 17.6 Å². The molecule has 0 spiro atoms. The molecule has 7 nitrogen and oxygen atoms in total. The topological polar surface area (TPSA) is 92.5 Å². The molecule has 0 saturated carbocycles. The second kappa shape index (κ2) is 8.71. The molecule has 0 radical (unpaired) electrons. The lowest BCUT2D eigenvalue weighted by atomic mass is 10.2. The van der Waals surface area contributed by atoms with Gasteiger partial charge in [0.25, 0.3) is 0 Å². The predicted octanol–water partition coefficient (Wildman–Crippen LogP) is 4.07. The second-order valence-electron chi connectivity index (χ2n) is 7.21. The number of nitrogens with one attached hydrogen (secondary N) is 1. The van der Waals surface area contributed by atoms with Gasteiger partial charge in [-0.15, -0.1) is 11.3 Å². The maximum Gasteiger partial charge on any atom is 0.243 e. The van der Waals surface area contributed by atoms with E-state index in [0.29, 0.717) is 36.1 Å². The Morgan fingerprint density at radius 2 is 1.90 bits per heavy atom. The summed E-state index contributed by atoms with van der Waals surface area (Å²) in [5.41, 5.74) is 1.12. The lowest BCUT2D eigenvalue weighted by Gasteiger charge is -2.25. The van der Waals surface area contributed by atoms with Crippen molar-refractivity contribution in [1.82, 2.24) is 9.29 Å². The van der Waals surface area contributed by atoms with Gasteiger partial charge in [-0.2, -0.15) is 4.31 Å². The average molecular weight is 446 g/mol. The second-order valence-corrected chi connectivity index (χ2v) is 10.1. The monoisotopic (exact) mass is 445 g/mol. The Bertz CT molecular complexity index is 1110. The molecule has 3 aromatic rings. The Hall–Kier alpha value is -2.49. The SMILES string of the molecule is Cc1oc(-c2cccs2)nc1CC(=O)Nc1ccc(S(=O)(=O)N2CCCCC2)cc1. The number of thiophene rings is 1. The quantitative estimate of drug-likeness (QED) is 0.617. The fraction of sp³-hybridized carbons (Fsp3) is 0.333. The summed E-state index contributed by atoms with van der Waals surface area (Å²) in [7, 11) is -3.48. The van der Waals surface area contributed by atoms with Crippen LogP contribution < -0.4 is 5.32 Å². The van der Waals surface area contributed by atoms with Gasteiger partial charge in [0.15, 0.2) is 0 Å². The van der Waals surface area contributed by atoms with Gasteiger partial charge in [-0.25, -0.2) is 13.4 Å². The van der Waals surface area contributed by atoms with Crippen LogP contribution in [0.3, 0.4) is 0 Å². The number of benzene rings is 1. The van der Waals surface area contributed by atoms with Crippen molar-refractivity contribution in [2.45, 2.75) is 37.5 Å². The summed E-state index contributed by atoms with van der Waals surface area (Å²) < 4.78 is 32.6. The molecule has 3 heterocycles. The number of nitrogens with zero attached hydrogens (tertiary/aromatic N) is 2. The van der Waals surface area contributed by atoms with Gasteiger partial charge in [0.2, 0.25) is 21.8 Å². The third-order valence-electron chi connectivity index (χ3n) is 5.04. The molecule has 30 heavy (non-hydrogen) atoms. The van der Waals surface area contributed by atoms with Crippen molar-refractivity contribution in [3.63, 3.8) is 0 Å². The van der Waals surface area contributed by atoms with Crippen LogP contribution in [0.5, 0.6) is 0 Å². The lowest BCUT2D eigenvalue weighted by molar-refractivity contribution is -0.115. The number of amides is 1. The third kappa shape index (κ3) is 4.48. The number of carbonyl (C=O) groups excluding carboxylic acids is 1. The van der Waals surface area contributed by atoms with Crippen molar-refractivity contribution in [2.75, 3.05) is 18.4 Å². The molecular formula is C21H23N3O4S2. The van der Waals surface area contributed by atoms with Gasteiger partial charge in [-0.3, -0.25) is 4.79 Å². The number of piperidine rings is 1. The molecule has 0 unspecified atom stereocenters. The van der Waals surface area contributed by atoms with E-state index in [9.17, 15) is 13.2 Å². The van der Waals surface area contributed by atoms with E-state index in [-0.39, 0.29) is 17.2 Å². The summed E-state index contributed by atoms with van der Waals surface area (Å²) >= 11 is 1.52. The van der Waals surface area contributed by atoms with Crippen LogP contribution in [0, 0.1) is 6.92 Å². The summed E-state index contributed by atoms with van der Waals surface area (Å²) in [5.74, 6) is 0.880. The number of aryl methyl sites for hydroxylation is 1. The first-order valence-corrected chi connectivity index (χ1v) is 12.2. The van der Waals surface area contributed by atoms with Crippen LogP contribution in [0.25, 0.3) is 10.8 Å². The predicted molar refractivity (Wildman–Crippen MR) is 116 cm³/mol. The lowest BCUT2D eigenvalue weighted by Crippen LogP contribution is -2.35. The van der Waals surface area contributed by atoms with Gasteiger partial charge in [-0.05, 0) is 55.5 Å². The molecule has 1 fully saturated rings. The molecule has 0 bridgehead atoms. The minimum absolute atomic E-state index is 0.0779. The Labute approximate surface area is 179 Å². The number of sulfonamides is 1. The molecule has 2 aromatic heterocycles. The molecule has 1 N–H and O–H groups in total. The van der Waals surface area contributed by atoms with Crippen LogP contribution in [0.1, 0.15) is 30.7 Å². The summed E-state index contributed by atoms with van der Waals surface area (Å²) in [4.78, 5) is 18.0. The largest absolute Gasteiger partial charge is 0.440 e. The highest BCUT2D eigenvalue weighted by Gasteiger charge is 2.25. The van der Waals surface area contributed by atoms with Crippen LogP contribution >= 0.6 is 11.3 Å². The zero-order valence-electron chi connectivity index (χ0n) is 16.6. The molecule has 1 saturated heterocycles. The van der Waals surface area contributed by atoms with E-state index in [1.54, 1.807) is 19.1 Å². The number of hydrogen-bond donors (Lipinski definition) is 1. The van der Waals surface area contributed by atoms with E-state index in [4.69, 9.17) is 4.42 Å². The van der Waals surface area contributed by atoms with Gasteiger partial charge in [0, 0.05) is 18.8 Å². The van der Waals surface area contributed by atoms with Crippen LogP contribution in [0.15, 0.2) is 51.1 Å². The molecule has 1 aliphatic rings. The minimum Gasteiger partial charge on any atom is -0.440 e. The normalized spacial score (nSPS) is 15.2. The Balaban J connectivity index is 1.40. The van der Waals surface area contributed by atoms with Gasteiger partial charge < -0.3 is 9.73 Å².